The number of anilines is 1. The zero-order valence-corrected chi connectivity index (χ0v) is 13.6. The van der Waals surface area contributed by atoms with Gasteiger partial charge in [0.1, 0.15) is 6.04 Å². The molecule has 1 aromatic rings. The normalized spacial score (nSPS) is 12.0. The van der Waals surface area contributed by atoms with Gasteiger partial charge in [-0.05, 0) is 31.2 Å². The molecule has 0 aliphatic heterocycles. The lowest BCUT2D eigenvalue weighted by atomic mass is 10.2. The summed E-state index contributed by atoms with van der Waals surface area (Å²) in [6, 6.07) is 3.67. The molecule has 0 bridgehead atoms. The summed E-state index contributed by atoms with van der Waals surface area (Å²) in [5.41, 5.74) is 0.350. The third-order valence-electron chi connectivity index (χ3n) is 2.81. The van der Waals surface area contributed by atoms with E-state index in [1.165, 1.54) is 6.07 Å². The molecule has 0 aliphatic carbocycles. The Hall–Kier alpha value is -1.34. The zero-order chi connectivity index (χ0) is 16.5. The number of carboxylic acid groups (broad SMARTS) is 1. The van der Waals surface area contributed by atoms with E-state index in [2.05, 4.69) is 10.6 Å². The van der Waals surface area contributed by atoms with E-state index in [1.54, 1.807) is 19.2 Å². The number of carbonyl (C=O) groups is 2. The number of hydrogen-bond acceptors (Lipinski definition) is 4. The summed E-state index contributed by atoms with van der Waals surface area (Å²) in [5, 5.41) is 15.2. The van der Waals surface area contributed by atoms with Gasteiger partial charge < -0.3 is 20.5 Å². The van der Waals surface area contributed by atoms with Gasteiger partial charge in [-0.25, -0.2) is 0 Å². The molecule has 0 unspecified atom stereocenters. The van der Waals surface area contributed by atoms with Gasteiger partial charge >= 0.3 is 5.97 Å². The highest BCUT2D eigenvalue weighted by Gasteiger charge is 2.21. The van der Waals surface area contributed by atoms with Crippen LogP contribution in [0.1, 0.15) is 12.8 Å². The molecule has 8 heteroatoms. The number of nitrogens with one attached hydrogen (secondary N) is 2. The molecule has 0 saturated heterocycles. The number of rotatable bonds is 9. The molecular formula is C14H18Cl2N2O4. The highest BCUT2D eigenvalue weighted by Crippen LogP contribution is 2.25. The Labute approximate surface area is 138 Å². The van der Waals surface area contributed by atoms with Crippen LogP contribution < -0.4 is 10.6 Å². The monoisotopic (exact) mass is 348 g/mol. The lowest BCUT2D eigenvalue weighted by Crippen LogP contribution is -2.40. The molecule has 0 heterocycles. The maximum absolute atomic E-state index is 11.9. The number of carboxylic acids is 1. The third kappa shape index (κ3) is 6.62. The average molecular weight is 349 g/mol. The van der Waals surface area contributed by atoms with Crippen molar-refractivity contribution in [3.05, 3.63) is 28.2 Å². The highest BCUT2D eigenvalue weighted by atomic mass is 35.5. The molecule has 0 aliphatic rings. The smallest absolute Gasteiger partial charge is 0.321 e. The molecular weight excluding hydrogens is 331 g/mol. The molecule has 1 atom stereocenters. The van der Waals surface area contributed by atoms with Gasteiger partial charge in [-0.1, -0.05) is 23.2 Å². The number of carbonyl (C=O) groups excluding carboxylic acids is 1. The third-order valence-corrected chi connectivity index (χ3v) is 3.37. The summed E-state index contributed by atoms with van der Waals surface area (Å²) >= 11 is 11.8. The Balaban J connectivity index is 2.56. The minimum absolute atomic E-state index is 0.217. The van der Waals surface area contributed by atoms with Crippen LogP contribution in [0, 0.1) is 0 Å². The maximum atomic E-state index is 11.9. The van der Waals surface area contributed by atoms with Crippen LogP contribution >= 0.6 is 23.2 Å². The fourth-order valence-electron chi connectivity index (χ4n) is 1.72. The van der Waals surface area contributed by atoms with E-state index in [4.69, 9.17) is 33.0 Å². The summed E-state index contributed by atoms with van der Waals surface area (Å²) in [6.07, 6.45) is 0.438. The molecule has 0 aromatic heterocycles. The van der Waals surface area contributed by atoms with E-state index in [9.17, 15) is 9.59 Å². The van der Waals surface area contributed by atoms with Crippen LogP contribution in [0.4, 0.5) is 5.69 Å². The first-order valence-electron chi connectivity index (χ1n) is 6.64. The molecule has 22 heavy (non-hydrogen) atoms. The van der Waals surface area contributed by atoms with Crippen LogP contribution in [0.15, 0.2) is 18.2 Å². The fourth-order valence-corrected chi connectivity index (χ4v) is 2.06. The van der Waals surface area contributed by atoms with Gasteiger partial charge in [-0.2, -0.15) is 0 Å². The van der Waals surface area contributed by atoms with Crippen LogP contribution in [0.25, 0.3) is 0 Å². The highest BCUT2D eigenvalue weighted by molar-refractivity contribution is 6.35. The minimum atomic E-state index is -1.09. The Bertz CT molecular complexity index is 526. The van der Waals surface area contributed by atoms with Gasteiger partial charge in [-0.15, -0.1) is 0 Å². The van der Waals surface area contributed by atoms with Crippen LogP contribution in [0.3, 0.4) is 0 Å². The van der Waals surface area contributed by atoms with E-state index in [-0.39, 0.29) is 6.42 Å². The summed E-state index contributed by atoms with van der Waals surface area (Å²) in [6.45, 7) is 0.958. The molecule has 6 nitrogen and oxygen atoms in total. The van der Waals surface area contributed by atoms with Crippen molar-refractivity contribution in [1.29, 1.82) is 0 Å². The van der Waals surface area contributed by atoms with E-state index in [0.29, 0.717) is 35.3 Å². The van der Waals surface area contributed by atoms with Crippen molar-refractivity contribution in [2.24, 2.45) is 0 Å². The number of methoxy groups -OCH3 is 1. The van der Waals surface area contributed by atoms with Gasteiger partial charge in [0, 0.05) is 18.7 Å². The van der Waals surface area contributed by atoms with Crippen molar-refractivity contribution in [2.45, 2.75) is 18.9 Å². The van der Waals surface area contributed by atoms with Gasteiger partial charge in [0.15, 0.2) is 0 Å². The molecule has 0 fully saturated rings. The van der Waals surface area contributed by atoms with Crippen LogP contribution in [0.5, 0.6) is 0 Å². The molecule has 1 aromatic carbocycles. The van der Waals surface area contributed by atoms with E-state index in [0.717, 1.165) is 0 Å². The van der Waals surface area contributed by atoms with Crippen molar-refractivity contribution >= 4 is 40.8 Å². The number of amides is 1. The number of aliphatic carboxylic acids is 1. The first-order chi connectivity index (χ1) is 10.4. The molecule has 0 radical (unpaired) electrons. The molecule has 1 rings (SSSR count). The summed E-state index contributed by atoms with van der Waals surface area (Å²) < 4.78 is 4.87. The molecule has 0 saturated carbocycles. The fraction of sp³-hybridized carbons (Fsp3) is 0.429. The second-order valence-corrected chi connectivity index (χ2v) is 5.41. The molecule has 0 spiro atoms. The van der Waals surface area contributed by atoms with Crippen molar-refractivity contribution < 1.29 is 19.4 Å². The second kappa shape index (κ2) is 9.63. The van der Waals surface area contributed by atoms with Crippen molar-refractivity contribution in [3.63, 3.8) is 0 Å². The largest absolute Gasteiger partial charge is 0.480 e. The molecule has 122 valence electrons. The Morgan fingerprint density at radius 2 is 2.09 bits per heavy atom. The van der Waals surface area contributed by atoms with Crippen molar-refractivity contribution in [3.8, 4) is 0 Å². The number of hydrogen-bond donors (Lipinski definition) is 3. The average Bonchev–Trinajstić information content (AvgIpc) is 2.46. The summed E-state index contributed by atoms with van der Waals surface area (Å²) in [7, 11) is 1.57. The van der Waals surface area contributed by atoms with E-state index >= 15 is 0 Å². The van der Waals surface area contributed by atoms with Crippen molar-refractivity contribution in [1.82, 2.24) is 5.32 Å². The van der Waals surface area contributed by atoms with Crippen molar-refractivity contribution in [2.75, 3.05) is 25.6 Å². The van der Waals surface area contributed by atoms with E-state index in [1.807, 2.05) is 0 Å². The van der Waals surface area contributed by atoms with Gasteiger partial charge in [0.05, 0.1) is 17.1 Å². The maximum Gasteiger partial charge on any atom is 0.321 e. The quantitative estimate of drug-likeness (QED) is 0.596. The van der Waals surface area contributed by atoms with Crippen LogP contribution in [0.2, 0.25) is 10.0 Å². The van der Waals surface area contributed by atoms with Crippen LogP contribution in [-0.4, -0.2) is 43.3 Å². The lowest BCUT2D eigenvalue weighted by molar-refractivity contribution is -0.141. The van der Waals surface area contributed by atoms with Gasteiger partial charge in [0.25, 0.3) is 0 Å². The number of benzene rings is 1. The standard InChI is InChI=1S/C14H18Cl2N2O4/c1-22-6-2-5-17-12(14(20)21)8-13(19)18-11-7-9(15)3-4-10(11)16/h3-4,7,12,17H,2,5-6,8H2,1H3,(H,18,19)(H,20,21)/t12-/m1/s1. The first kappa shape index (κ1) is 18.7. The minimum Gasteiger partial charge on any atom is -0.480 e. The number of halogens is 2. The lowest BCUT2D eigenvalue weighted by Gasteiger charge is -2.14. The summed E-state index contributed by atoms with van der Waals surface area (Å²) in [5.74, 6) is -1.56. The predicted octanol–water partition coefficient (Wildman–Crippen LogP) is 2.40. The first-order valence-corrected chi connectivity index (χ1v) is 7.39. The summed E-state index contributed by atoms with van der Waals surface area (Å²) in [4.78, 5) is 23.1. The van der Waals surface area contributed by atoms with Gasteiger partial charge in [-0.3, -0.25) is 9.59 Å². The zero-order valence-electron chi connectivity index (χ0n) is 12.1. The molecule has 3 N–H and O–H groups in total. The SMILES string of the molecule is COCCCN[C@H](CC(=O)Nc1cc(Cl)ccc1Cl)C(=O)O. The Kier molecular flexibility index (Phi) is 8.19. The predicted molar refractivity (Wildman–Crippen MR) is 85.6 cm³/mol. The van der Waals surface area contributed by atoms with E-state index < -0.39 is 17.9 Å². The Morgan fingerprint density at radius 1 is 1.36 bits per heavy atom. The second-order valence-electron chi connectivity index (χ2n) is 4.57. The topological polar surface area (TPSA) is 87.7 Å². The molecule has 1 amide bonds. The van der Waals surface area contributed by atoms with Crippen LogP contribution in [-0.2, 0) is 14.3 Å². The Morgan fingerprint density at radius 3 is 2.73 bits per heavy atom. The van der Waals surface area contributed by atoms with Gasteiger partial charge in [0.2, 0.25) is 5.91 Å². The number of ether oxygens (including phenoxy) is 1.